The highest BCUT2D eigenvalue weighted by atomic mass is 35.5. The van der Waals surface area contributed by atoms with Crippen molar-refractivity contribution in [3.8, 4) is 29.0 Å². The Morgan fingerprint density at radius 1 is 1.23 bits per heavy atom. The molecule has 3 fully saturated rings. The summed E-state index contributed by atoms with van der Waals surface area (Å²) in [5.41, 5.74) is -1.69. The van der Waals surface area contributed by atoms with Gasteiger partial charge in [-0.25, -0.2) is 18.0 Å². The lowest BCUT2D eigenvalue weighted by molar-refractivity contribution is 0.0636. The number of benzene rings is 2. The Morgan fingerprint density at radius 3 is 2.81 bits per heavy atom. The van der Waals surface area contributed by atoms with Crippen LogP contribution in [0.4, 0.5) is 28.8 Å². The maximum absolute atomic E-state index is 17.4. The van der Waals surface area contributed by atoms with Gasteiger partial charge in [-0.2, -0.15) is 15.2 Å². The molecule has 4 aliphatic rings. The molecule has 0 saturated carbocycles. The van der Waals surface area contributed by atoms with Crippen molar-refractivity contribution in [2.75, 3.05) is 56.7 Å². The number of nitriles is 1. The number of ether oxygens (including phenoxy) is 4. The van der Waals surface area contributed by atoms with Crippen molar-refractivity contribution in [2.24, 2.45) is 5.92 Å². The topological polar surface area (TPSA) is 122 Å². The average molecular weight is 757 g/mol. The summed E-state index contributed by atoms with van der Waals surface area (Å²) in [6, 6.07) is 4.44. The molecular formula is C36H36ClF3N6O5S. The van der Waals surface area contributed by atoms with E-state index in [-0.39, 0.29) is 78.6 Å². The highest BCUT2D eigenvalue weighted by Crippen LogP contribution is 2.52. The zero-order valence-electron chi connectivity index (χ0n) is 28.9. The minimum atomic E-state index is -0.966. The molecule has 0 bridgehead atoms. The van der Waals surface area contributed by atoms with Crippen LogP contribution < -0.4 is 19.7 Å². The number of nitrogens with one attached hydrogen (secondary N) is 1. The summed E-state index contributed by atoms with van der Waals surface area (Å²) in [6.45, 7) is 7.46. The number of fused-ring (bicyclic) bond motifs is 3. The van der Waals surface area contributed by atoms with E-state index in [0.29, 0.717) is 31.9 Å². The first-order valence-electron chi connectivity index (χ1n) is 17.1. The van der Waals surface area contributed by atoms with Crippen molar-refractivity contribution in [2.45, 2.75) is 63.4 Å². The molecule has 2 aromatic heterocycles. The molecular weight excluding hydrogens is 721 g/mol. The van der Waals surface area contributed by atoms with Gasteiger partial charge in [0.05, 0.1) is 39.4 Å². The number of carbonyl (C=O) groups excluding carboxylic acids is 1. The lowest BCUT2D eigenvalue weighted by Crippen LogP contribution is -2.43. The summed E-state index contributed by atoms with van der Waals surface area (Å²) >= 11 is 7.96. The van der Waals surface area contributed by atoms with E-state index in [2.05, 4.69) is 21.3 Å². The Hall–Kier alpha value is -4.10. The Bertz CT molecular complexity index is 2170. The lowest BCUT2D eigenvalue weighted by Gasteiger charge is -2.32. The highest BCUT2D eigenvalue weighted by molar-refractivity contribution is 7.23. The summed E-state index contributed by atoms with van der Waals surface area (Å²) < 4.78 is 71.3. The van der Waals surface area contributed by atoms with E-state index in [1.54, 1.807) is 20.8 Å². The van der Waals surface area contributed by atoms with Crippen LogP contribution in [-0.4, -0.2) is 90.9 Å². The van der Waals surface area contributed by atoms with E-state index in [4.69, 9.17) is 35.5 Å². The van der Waals surface area contributed by atoms with Crippen molar-refractivity contribution in [1.82, 2.24) is 14.9 Å². The molecule has 1 amide bonds. The zero-order chi connectivity index (χ0) is 36.7. The predicted molar refractivity (Wildman–Crippen MR) is 190 cm³/mol. The fraction of sp³-hybridized carbons (Fsp3) is 0.500. The summed E-state index contributed by atoms with van der Waals surface area (Å²) in [5.74, 6) is -1.20. The molecule has 52 heavy (non-hydrogen) atoms. The smallest absolute Gasteiger partial charge is 0.412 e. The maximum atomic E-state index is 17.4. The normalized spacial score (nSPS) is 24.3. The van der Waals surface area contributed by atoms with E-state index in [1.165, 1.54) is 6.07 Å². The third kappa shape index (κ3) is 5.84. The third-order valence-corrected chi connectivity index (χ3v) is 11.7. The van der Waals surface area contributed by atoms with E-state index in [1.807, 2.05) is 11.9 Å². The van der Waals surface area contributed by atoms with Crippen molar-refractivity contribution >= 4 is 60.8 Å². The number of carbonyl (C=O) groups is 1. The maximum Gasteiger partial charge on any atom is 0.412 e. The number of halogens is 4. The first kappa shape index (κ1) is 35.0. The number of anilines is 2. The van der Waals surface area contributed by atoms with Crippen LogP contribution in [0, 0.1) is 28.9 Å². The summed E-state index contributed by atoms with van der Waals surface area (Å²) in [4.78, 5) is 26.0. The van der Waals surface area contributed by atoms with Crippen LogP contribution in [-0.2, 0) is 9.47 Å². The number of nitrogens with zero attached hydrogens (tertiary/aromatic N) is 5. The van der Waals surface area contributed by atoms with Crippen LogP contribution in [0.15, 0.2) is 12.1 Å². The SMILES string of the molecule is CN1CC2COCC2Oc2c(Cl)c(-c3ccc(F)c4sc(NC(=O)OC(C)(C)C)c(C#N)c34)c(F)c3nc(OC[C@@]45CCCN4C[C@H](F)C5)nc1c23. The second kappa shape index (κ2) is 12.8. The van der Waals surface area contributed by atoms with Crippen molar-refractivity contribution < 1.29 is 36.9 Å². The standard InChI is InChI=1S/C36H36ClF3N6O5S/c1-35(2,3)51-34(47)44-32-20(11-41)23-19(6-7-21(39)30(23)52-32)24-26(37)29-25-28(27(24)40)42-33(49-16-36-8-5-9-46(36)13-18(38)10-36)43-31(25)45(4)12-17-14-48-15-22(17)50-29/h6-7,17-18,22H,5,8-10,12-16H2,1-4H3,(H,44,47)/t17?,18-,22?,36+/m1/s1. The first-order chi connectivity index (χ1) is 24.8. The zero-order valence-corrected chi connectivity index (χ0v) is 30.5. The Labute approximate surface area is 306 Å². The molecule has 2 aromatic carbocycles. The van der Waals surface area contributed by atoms with Gasteiger partial charge in [0.25, 0.3) is 0 Å². The first-order valence-corrected chi connectivity index (χ1v) is 18.3. The average Bonchev–Trinajstić information content (AvgIpc) is 3.83. The summed E-state index contributed by atoms with van der Waals surface area (Å²) in [6.07, 6.45) is -0.230. The number of rotatable bonds is 5. The quantitative estimate of drug-likeness (QED) is 0.220. The van der Waals surface area contributed by atoms with Gasteiger partial charge in [0.1, 0.15) is 52.7 Å². The largest absolute Gasteiger partial charge is 0.485 e. The van der Waals surface area contributed by atoms with Crippen molar-refractivity contribution in [3.63, 3.8) is 0 Å². The predicted octanol–water partition coefficient (Wildman–Crippen LogP) is 7.46. The Kier molecular flexibility index (Phi) is 8.60. The van der Waals surface area contributed by atoms with Crippen LogP contribution in [0.3, 0.4) is 0 Å². The summed E-state index contributed by atoms with van der Waals surface area (Å²) in [7, 11) is 1.82. The fourth-order valence-electron chi connectivity index (χ4n) is 8.01. The van der Waals surface area contributed by atoms with E-state index in [9.17, 15) is 14.4 Å². The fourth-order valence-corrected chi connectivity index (χ4v) is 9.40. The van der Waals surface area contributed by atoms with Gasteiger partial charge < -0.3 is 23.8 Å². The van der Waals surface area contributed by atoms with Crippen LogP contribution in [0.5, 0.6) is 11.8 Å². The molecule has 16 heteroatoms. The van der Waals surface area contributed by atoms with Gasteiger partial charge in [-0.15, -0.1) is 11.3 Å². The molecule has 4 aliphatic heterocycles. The van der Waals surface area contributed by atoms with E-state index < -0.39 is 41.1 Å². The van der Waals surface area contributed by atoms with E-state index >= 15 is 8.78 Å². The molecule has 274 valence electrons. The van der Waals surface area contributed by atoms with E-state index in [0.717, 1.165) is 36.8 Å². The number of aromatic nitrogens is 2. The van der Waals surface area contributed by atoms with Crippen molar-refractivity contribution in [1.29, 1.82) is 5.26 Å². The molecule has 2 unspecified atom stereocenters. The number of hydrogen-bond donors (Lipinski definition) is 1. The van der Waals surface area contributed by atoms with Crippen LogP contribution in [0.2, 0.25) is 5.02 Å². The van der Waals surface area contributed by atoms with Gasteiger partial charge in [0.2, 0.25) is 0 Å². The van der Waals surface area contributed by atoms with Gasteiger partial charge in [-0.1, -0.05) is 17.7 Å². The minimum Gasteiger partial charge on any atom is -0.485 e. The summed E-state index contributed by atoms with van der Waals surface area (Å²) in [5, 5.41) is 13.1. The minimum absolute atomic E-state index is 0.00116. The van der Waals surface area contributed by atoms with Gasteiger partial charge in [0, 0.05) is 43.4 Å². The molecule has 6 heterocycles. The Balaban J connectivity index is 1.32. The number of alkyl halides is 1. The molecule has 0 aliphatic carbocycles. The molecule has 11 nitrogen and oxygen atoms in total. The molecule has 8 rings (SSSR count). The number of amides is 1. The second-order valence-corrected chi connectivity index (χ2v) is 16.3. The third-order valence-electron chi connectivity index (χ3n) is 10.2. The van der Waals surface area contributed by atoms with Gasteiger partial charge >= 0.3 is 12.1 Å². The molecule has 1 N–H and O–H groups in total. The van der Waals surface area contributed by atoms with Crippen LogP contribution in [0.1, 0.15) is 45.6 Å². The van der Waals surface area contributed by atoms with Crippen LogP contribution in [0.25, 0.3) is 32.1 Å². The highest BCUT2D eigenvalue weighted by Gasteiger charge is 2.49. The number of thiophene rings is 1. The molecule has 4 aromatic rings. The van der Waals surface area contributed by atoms with Crippen LogP contribution >= 0.6 is 22.9 Å². The molecule has 0 radical (unpaired) electrons. The number of hydrogen-bond acceptors (Lipinski definition) is 11. The molecule has 0 spiro atoms. The Morgan fingerprint density at radius 2 is 2.04 bits per heavy atom. The van der Waals surface area contributed by atoms with Gasteiger partial charge in [0.15, 0.2) is 11.6 Å². The molecule has 4 atom stereocenters. The van der Waals surface area contributed by atoms with Gasteiger partial charge in [-0.3, -0.25) is 10.2 Å². The lowest BCUT2D eigenvalue weighted by atomic mass is 9.95. The van der Waals surface area contributed by atoms with Gasteiger partial charge in [-0.05, 0) is 51.8 Å². The monoisotopic (exact) mass is 756 g/mol. The van der Waals surface area contributed by atoms with Crippen molar-refractivity contribution in [3.05, 3.63) is 34.4 Å². The second-order valence-electron chi connectivity index (χ2n) is 14.9. The molecule has 3 saturated heterocycles.